The molecule has 2 aliphatic rings. The molecule has 8 nitrogen and oxygen atoms in total. The summed E-state index contributed by atoms with van der Waals surface area (Å²) in [7, 11) is 0. The number of nitrogens with one attached hydrogen (secondary N) is 2. The Hall–Kier alpha value is -2.92. The first kappa shape index (κ1) is 20.0. The number of anilines is 2. The van der Waals surface area contributed by atoms with Crippen molar-refractivity contribution < 1.29 is 18.3 Å². The molecule has 0 amide bonds. The Morgan fingerprint density at radius 2 is 1.90 bits per heavy atom. The molecule has 0 radical (unpaired) electrons. The summed E-state index contributed by atoms with van der Waals surface area (Å²) >= 11 is 0. The summed E-state index contributed by atoms with van der Waals surface area (Å²) in [6, 6.07) is 5.09. The molecule has 0 spiro atoms. The van der Waals surface area contributed by atoms with Gasteiger partial charge in [-0.15, -0.1) is 0 Å². The lowest BCUT2D eigenvalue weighted by atomic mass is 9.90. The number of hydrogen-bond acceptors (Lipinski definition) is 7. The van der Waals surface area contributed by atoms with Crippen molar-refractivity contribution in [2.45, 2.75) is 31.2 Å². The molecule has 11 heteroatoms. The molecular weight excluding hydrogens is 411 g/mol. The first-order valence-electron chi connectivity index (χ1n) is 10.2. The Bertz CT molecular complexity index is 1090. The zero-order valence-electron chi connectivity index (χ0n) is 16.6. The smallest absolute Gasteiger partial charge is 0.393 e. The Morgan fingerprint density at radius 1 is 1.13 bits per heavy atom. The molecule has 1 saturated heterocycles. The molecule has 3 heterocycles. The van der Waals surface area contributed by atoms with Gasteiger partial charge in [0.15, 0.2) is 5.65 Å². The largest absolute Gasteiger partial charge is 0.416 e. The van der Waals surface area contributed by atoms with Crippen LogP contribution in [0.1, 0.15) is 18.4 Å². The summed E-state index contributed by atoms with van der Waals surface area (Å²) < 4.78 is 41.1. The predicted molar refractivity (Wildman–Crippen MR) is 109 cm³/mol. The minimum atomic E-state index is -4.45. The van der Waals surface area contributed by atoms with E-state index in [1.54, 1.807) is 12.3 Å². The second kappa shape index (κ2) is 7.65. The molecule has 2 fully saturated rings. The van der Waals surface area contributed by atoms with Crippen molar-refractivity contribution >= 4 is 22.8 Å². The average molecular weight is 433 g/mol. The average Bonchev–Trinajstić information content (AvgIpc) is 3.16. The second-order valence-corrected chi connectivity index (χ2v) is 7.92. The molecule has 1 aliphatic carbocycles. The molecule has 3 aromatic rings. The number of aromatic nitrogens is 4. The Morgan fingerprint density at radius 3 is 2.61 bits per heavy atom. The van der Waals surface area contributed by atoms with E-state index in [-0.39, 0.29) is 17.8 Å². The fourth-order valence-electron chi connectivity index (χ4n) is 3.97. The fourth-order valence-corrected chi connectivity index (χ4v) is 3.97. The first-order valence-corrected chi connectivity index (χ1v) is 10.2. The van der Waals surface area contributed by atoms with Crippen molar-refractivity contribution in [2.75, 3.05) is 36.4 Å². The molecule has 5 rings (SSSR count). The number of aliphatic hydroxyl groups excluding tert-OH is 1. The quantitative estimate of drug-likeness (QED) is 0.581. The third-order valence-electron chi connectivity index (χ3n) is 5.69. The monoisotopic (exact) mass is 433 g/mol. The Kier molecular flexibility index (Phi) is 4.94. The molecule has 164 valence electrons. The lowest BCUT2D eigenvalue weighted by Gasteiger charge is -2.33. The summed E-state index contributed by atoms with van der Waals surface area (Å²) in [4.78, 5) is 11.4. The van der Waals surface area contributed by atoms with E-state index < -0.39 is 11.7 Å². The molecule has 0 bridgehead atoms. The van der Waals surface area contributed by atoms with Gasteiger partial charge in [-0.05, 0) is 31.0 Å². The van der Waals surface area contributed by atoms with Crippen LogP contribution in [0.15, 0.2) is 30.5 Å². The maximum Gasteiger partial charge on any atom is 0.416 e. The number of piperazine rings is 1. The topological polar surface area (TPSA) is 91.1 Å². The zero-order valence-corrected chi connectivity index (χ0v) is 16.6. The van der Waals surface area contributed by atoms with Crippen LogP contribution < -0.4 is 15.5 Å². The van der Waals surface area contributed by atoms with Gasteiger partial charge in [-0.3, -0.25) is 0 Å². The summed E-state index contributed by atoms with van der Waals surface area (Å²) in [5, 5.41) is 21.1. The molecule has 3 N–H and O–H groups in total. The van der Waals surface area contributed by atoms with Gasteiger partial charge in [0.05, 0.1) is 28.9 Å². The molecule has 0 atom stereocenters. The van der Waals surface area contributed by atoms with Gasteiger partial charge < -0.3 is 20.6 Å². The number of nitrogens with zero attached hydrogens (tertiary/aromatic N) is 5. The van der Waals surface area contributed by atoms with E-state index in [0.29, 0.717) is 35.6 Å². The van der Waals surface area contributed by atoms with E-state index >= 15 is 0 Å². The van der Waals surface area contributed by atoms with E-state index in [1.165, 1.54) is 10.7 Å². The number of halogens is 3. The highest BCUT2D eigenvalue weighted by Crippen LogP contribution is 2.32. The van der Waals surface area contributed by atoms with Crippen LogP contribution in [-0.4, -0.2) is 63.2 Å². The number of alkyl halides is 3. The number of hydrogen-bond donors (Lipinski definition) is 3. The number of rotatable bonds is 4. The molecule has 0 unspecified atom stereocenters. The van der Waals surface area contributed by atoms with Crippen molar-refractivity contribution in [3.05, 3.63) is 36.0 Å². The second-order valence-electron chi connectivity index (χ2n) is 7.92. The van der Waals surface area contributed by atoms with Gasteiger partial charge in [-0.1, -0.05) is 6.07 Å². The third kappa shape index (κ3) is 3.90. The van der Waals surface area contributed by atoms with Gasteiger partial charge in [0.2, 0.25) is 5.95 Å². The van der Waals surface area contributed by atoms with Crippen LogP contribution in [0.2, 0.25) is 0 Å². The van der Waals surface area contributed by atoms with Crippen LogP contribution in [0.4, 0.5) is 24.9 Å². The van der Waals surface area contributed by atoms with Gasteiger partial charge in [0.25, 0.3) is 0 Å². The molecule has 1 saturated carbocycles. The van der Waals surface area contributed by atoms with Crippen LogP contribution in [-0.2, 0) is 6.18 Å². The van der Waals surface area contributed by atoms with Gasteiger partial charge in [0, 0.05) is 32.2 Å². The standard InChI is InChI=1S/C20H22F3N7O/c21-20(22,23)12-2-1-3-14(8-12)30-18-16(11-25-30)17(29-6-4-24-5-7-29)27-19(28-18)26-13-9-15(31)10-13/h1-3,8,11,13,15,24,31H,4-7,9-10H2,(H,26,27,28)/t13-,15+. The number of fused-ring (bicyclic) bond motifs is 1. The highest BCUT2D eigenvalue weighted by Gasteiger charge is 2.31. The summed E-state index contributed by atoms with van der Waals surface area (Å²) in [5.74, 6) is 1.08. The van der Waals surface area contributed by atoms with Crippen LogP contribution in [0.25, 0.3) is 16.7 Å². The fraction of sp³-hybridized carbons (Fsp3) is 0.450. The molecule has 1 aliphatic heterocycles. The highest BCUT2D eigenvalue weighted by molar-refractivity contribution is 5.89. The van der Waals surface area contributed by atoms with Crippen molar-refractivity contribution in [1.82, 2.24) is 25.1 Å². The van der Waals surface area contributed by atoms with Crippen molar-refractivity contribution in [1.29, 1.82) is 0 Å². The molecule has 31 heavy (non-hydrogen) atoms. The zero-order chi connectivity index (χ0) is 21.6. The Labute approximate surface area is 176 Å². The highest BCUT2D eigenvalue weighted by atomic mass is 19.4. The van der Waals surface area contributed by atoms with Crippen LogP contribution in [0.3, 0.4) is 0 Å². The SMILES string of the molecule is O[C@H]1C[C@@H](Nc2nc(N3CCNCC3)c3cnn(-c4cccc(C(F)(F)F)c4)c3n2)C1. The molecule has 2 aromatic heterocycles. The van der Waals surface area contributed by atoms with Crippen LogP contribution in [0, 0.1) is 0 Å². The normalized spacial score (nSPS) is 21.9. The van der Waals surface area contributed by atoms with Crippen LogP contribution >= 0.6 is 0 Å². The summed E-state index contributed by atoms with van der Waals surface area (Å²) in [5.41, 5.74) is -0.0307. The maximum absolute atomic E-state index is 13.2. The van der Waals surface area contributed by atoms with Crippen molar-refractivity contribution in [3.63, 3.8) is 0 Å². The Balaban J connectivity index is 1.60. The predicted octanol–water partition coefficient (Wildman–Crippen LogP) is 2.18. The van der Waals surface area contributed by atoms with Crippen molar-refractivity contribution in [3.8, 4) is 5.69 Å². The minimum absolute atomic E-state index is 0.0632. The van der Waals surface area contributed by atoms with E-state index in [1.807, 2.05) is 0 Å². The first-order chi connectivity index (χ1) is 14.9. The minimum Gasteiger partial charge on any atom is -0.393 e. The summed E-state index contributed by atoms with van der Waals surface area (Å²) in [6.07, 6.45) is -1.96. The number of benzene rings is 1. The number of aliphatic hydroxyl groups is 1. The van der Waals surface area contributed by atoms with Gasteiger partial charge in [0.1, 0.15) is 5.82 Å². The van der Waals surface area contributed by atoms with E-state index in [4.69, 9.17) is 4.98 Å². The van der Waals surface area contributed by atoms with Crippen LogP contribution in [0.5, 0.6) is 0 Å². The third-order valence-corrected chi connectivity index (χ3v) is 5.69. The summed E-state index contributed by atoms with van der Waals surface area (Å²) in [6.45, 7) is 3.13. The van der Waals surface area contributed by atoms with E-state index in [9.17, 15) is 18.3 Å². The van der Waals surface area contributed by atoms with Gasteiger partial charge >= 0.3 is 6.18 Å². The lowest BCUT2D eigenvalue weighted by molar-refractivity contribution is -0.137. The molecule has 1 aromatic carbocycles. The van der Waals surface area contributed by atoms with Gasteiger partial charge in [-0.2, -0.15) is 28.2 Å². The van der Waals surface area contributed by atoms with E-state index in [2.05, 4.69) is 25.6 Å². The molecular formula is C20H22F3N7O. The van der Waals surface area contributed by atoms with Crippen molar-refractivity contribution in [2.24, 2.45) is 0 Å². The lowest BCUT2D eigenvalue weighted by Crippen LogP contribution is -2.44. The van der Waals surface area contributed by atoms with E-state index in [0.717, 1.165) is 38.3 Å². The van der Waals surface area contributed by atoms with Gasteiger partial charge in [-0.25, -0.2) is 4.68 Å². The maximum atomic E-state index is 13.2.